The van der Waals surface area contributed by atoms with Gasteiger partial charge >= 0.3 is 0 Å². The lowest BCUT2D eigenvalue weighted by atomic mass is 9.82. The molecule has 3 rings (SSSR count). The van der Waals surface area contributed by atoms with Crippen LogP contribution >= 0.6 is 0 Å². The van der Waals surface area contributed by atoms with E-state index in [9.17, 15) is 4.79 Å². The third-order valence-corrected chi connectivity index (χ3v) is 5.43. The predicted octanol–water partition coefficient (Wildman–Crippen LogP) is 1.70. The average Bonchev–Trinajstić information content (AvgIpc) is 3.19. The van der Waals surface area contributed by atoms with E-state index in [2.05, 4.69) is 22.1 Å². The van der Waals surface area contributed by atoms with Crippen LogP contribution < -0.4 is 5.32 Å². The molecule has 22 heavy (non-hydrogen) atoms. The molecule has 0 aromatic carbocycles. The Labute approximate surface area is 134 Å². The quantitative estimate of drug-likeness (QED) is 0.638. The van der Waals surface area contributed by atoms with Crippen molar-refractivity contribution in [3.05, 3.63) is 0 Å². The molecule has 2 heterocycles. The number of carbonyl (C=O) groups is 1. The van der Waals surface area contributed by atoms with Crippen LogP contribution in [0, 0.1) is 11.8 Å². The summed E-state index contributed by atoms with van der Waals surface area (Å²) in [4.78, 5) is 21.2. The zero-order valence-electron chi connectivity index (χ0n) is 13.9. The SMILES string of the molecule is CCNC(=NCC(=O)N1CCCC1)N1CC2CCCCC2C1. The van der Waals surface area contributed by atoms with E-state index in [0.717, 1.165) is 63.4 Å². The molecule has 1 saturated carbocycles. The Balaban J connectivity index is 1.59. The van der Waals surface area contributed by atoms with Crippen molar-refractivity contribution in [2.45, 2.75) is 45.4 Å². The minimum atomic E-state index is 0.185. The summed E-state index contributed by atoms with van der Waals surface area (Å²) in [6.07, 6.45) is 7.79. The van der Waals surface area contributed by atoms with Crippen LogP contribution in [0.4, 0.5) is 0 Å². The number of hydrogen-bond acceptors (Lipinski definition) is 2. The molecule has 0 spiro atoms. The zero-order chi connectivity index (χ0) is 15.4. The molecule has 2 unspecified atom stereocenters. The fraction of sp³-hybridized carbons (Fsp3) is 0.882. The predicted molar refractivity (Wildman–Crippen MR) is 88.8 cm³/mol. The number of nitrogens with zero attached hydrogens (tertiary/aromatic N) is 3. The molecule has 0 aromatic heterocycles. The highest BCUT2D eigenvalue weighted by Gasteiger charge is 2.35. The van der Waals surface area contributed by atoms with Crippen LogP contribution in [-0.4, -0.2) is 60.9 Å². The van der Waals surface area contributed by atoms with E-state index < -0.39 is 0 Å². The van der Waals surface area contributed by atoms with E-state index in [1.165, 1.54) is 25.7 Å². The summed E-state index contributed by atoms with van der Waals surface area (Å²) in [6, 6.07) is 0. The largest absolute Gasteiger partial charge is 0.357 e. The van der Waals surface area contributed by atoms with Gasteiger partial charge in [-0.2, -0.15) is 0 Å². The van der Waals surface area contributed by atoms with Crippen LogP contribution in [0.1, 0.15) is 45.4 Å². The molecule has 5 nitrogen and oxygen atoms in total. The Morgan fingerprint density at radius 1 is 1.05 bits per heavy atom. The topological polar surface area (TPSA) is 47.9 Å². The molecule has 2 aliphatic heterocycles. The van der Waals surface area contributed by atoms with Crippen molar-refractivity contribution < 1.29 is 4.79 Å². The number of rotatable bonds is 3. The van der Waals surface area contributed by atoms with Gasteiger partial charge in [-0.25, -0.2) is 4.99 Å². The van der Waals surface area contributed by atoms with Crippen LogP contribution in [0.15, 0.2) is 4.99 Å². The molecule has 0 bridgehead atoms. The first-order valence-corrected chi connectivity index (χ1v) is 9.09. The summed E-state index contributed by atoms with van der Waals surface area (Å²) in [5.74, 6) is 2.81. The van der Waals surface area contributed by atoms with Crippen molar-refractivity contribution in [2.75, 3.05) is 39.3 Å². The van der Waals surface area contributed by atoms with Crippen LogP contribution in [0.5, 0.6) is 0 Å². The zero-order valence-corrected chi connectivity index (χ0v) is 13.9. The van der Waals surface area contributed by atoms with Crippen molar-refractivity contribution in [1.29, 1.82) is 0 Å². The van der Waals surface area contributed by atoms with Crippen LogP contribution in [-0.2, 0) is 4.79 Å². The first-order valence-electron chi connectivity index (χ1n) is 9.09. The molecular formula is C17H30N4O. The van der Waals surface area contributed by atoms with Crippen molar-refractivity contribution in [3.8, 4) is 0 Å². The Morgan fingerprint density at radius 3 is 2.27 bits per heavy atom. The lowest BCUT2D eigenvalue weighted by molar-refractivity contribution is -0.128. The van der Waals surface area contributed by atoms with E-state index in [1.807, 2.05) is 4.90 Å². The van der Waals surface area contributed by atoms with E-state index in [-0.39, 0.29) is 5.91 Å². The van der Waals surface area contributed by atoms with E-state index in [4.69, 9.17) is 0 Å². The third kappa shape index (κ3) is 3.55. The fourth-order valence-corrected chi connectivity index (χ4v) is 4.21. The Morgan fingerprint density at radius 2 is 1.68 bits per heavy atom. The molecule has 5 heteroatoms. The normalized spacial score (nSPS) is 28.9. The Kier molecular flexibility index (Phi) is 5.21. The van der Waals surface area contributed by atoms with Crippen molar-refractivity contribution >= 4 is 11.9 Å². The summed E-state index contributed by atoms with van der Waals surface area (Å²) in [6.45, 7) is 7.33. The van der Waals surface area contributed by atoms with Gasteiger partial charge in [0, 0.05) is 32.7 Å². The monoisotopic (exact) mass is 306 g/mol. The van der Waals surface area contributed by atoms with Crippen molar-refractivity contribution in [3.63, 3.8) is 0 Å². The van der Waals surface area contributed by atoms with Gasteiger partial charge in [-0.15, -0.1) is 0 Å². The maximum atomic E-state index is 12.2. The molecule has 1 amide bonds. The lowest BCUT2D eigenvalue weighted by Crippen LogP contribution is -2.41. The van der Waals surface area contributed by atoms with Crippen LogP contribution in [0.25, 0.3) is 0 Å². The van der Waals surface area contributed by atoms with Gasteiger partial charge in [0.25, 0.3) is 0 Å². The number of carbonyl (C=O) groups excluding carboxylic acids is 1. The minimum absolute atomic E-state index is 0.185. The standard InChI is InChI=1S/C17H30N4O/c1-2-18-17(19-11-16(22)20-9-5-6-10-20)21-12-14-7-3-4-8-15(14)13-21/h14-15H,2-13H2,1H3,(H,18,19). The first-order chi connectivity index (χ1) is 10.8. The molecule has 0 aromatic rings. The highest BCUT2D eigenvalue weighted by molar-refractivity contribution is 5.85. The first kappa shape index (κ1) is 15.6. The van der Waals surface area contributed by atoms with Gasteiger partial charge in [-0.05, 0) is 44.4 Å². The lowest BCUT2D eigenvalue weighted by Gasteiger charge is -2.22. The van der Waals surface area contributed by atoms with Gasteiger partial charge in [0.1, 0.15) is 6.54 Å². The van der Waals surface area contributed by atoms with Gasteiger partial charge in [-0.1, -0.05) is 12.8 Å². The summed E-state index contributed by atoms with van der Waals surface area (Å²) >= 11 is 0. The van der Waals surface area contributed by atoms with Gasteiger partial charge in [0.15, 0.2) is 5.96 Å². The molecule has 3 aliphatic rings. The number of fused-ring (bicyclic) bond motifs is 1. The average molecular weight is 306 g/mol. The molecule has 2 atom stereocenters. The second-order valence-corrected chi connectivity index (χ2v) is 6.97. The van der Waals surface area contributed by atoms with E-state index in [0.29, 0.717) is 6.54 Å². The summed E-state index contributed by atoms with van der Waals surface area (Å²) in [5, 5.41) is 3.39. The molecule has 2 saturated heterocycles. The smallest absolute Gasteiger partial charge is 0.244 e. The summed E-state index contributed by atoms with van der Waals surface area (Å²) in [5.41, 5.74) is 0. The molecule has 1 aliphatic carbocycles. The van der Waals surface area contributed by atoms with Gasteiger partial charge < -0.3 is 15.1 Å². The highest BCUT2D eigenvalue weighted by atomic mass is 16.2. The number of likely N-dealkylation sites (tertiary alicyclic amines) is 2. The number of guanidine groups is 1. The number of aliphatic imine (C=N–C) groups is 1. The molecule has 124 valence electrons. The van der Waals surface area contributed by atoms with Crippen molar-refractivity contribution in [2.24, 2.45) is 16.8 Å². The Hall–Kier alpha value is -1.26. The molecule has 3 fully saturated rings. The van der Waals surface area contributed by atoms with Crippen molar-refractivity contribution in [1.82, 2.24) is 15.1 Å². The second-order valence-electron chi connectivity index (χ2n) is 6.97. The maximum Gasteiger partial charge on any atom is 0.244 e. The number of nitrogens with one attached hydrogen (secondary N) is 1. The number of hydrogen-bond donors (Lipinski definition) is 1. The Bertz CT molecular complexity index is 403. The summed E-state index contributed by atoms with van der Waals surface area (Å²) < 4.78 is 0. The van der Waals surface area contributed by atoms with Gasteiger partial charge in [-0.3, -0.25) is 4.79 Å². The highest BCUT2D eigenvalue weighted by Crippen LogP contribution is 2.35. The molecular weight excluding hydrogens is 276 g/mol. The molecule has 1 N–H and O–H groups in total. The maximum absolute atomic E-state index is 12.2. The molecule has 0 radical (unpaired) electrons. The number of amides is 1. The van der Waals surface area contributed by atoms with Crippen LogP contribution in [0.2, 0.25) is 0 Å². The minimum Gasteiger partial charge on any atom is -0.357 e. The third-order valence-electron chi connectivity index (χ3n) is 5.43. The van der Waals surface area contributed by atoms with E-state index >= 15 is 0 Å². The second kappa shape index (κ2) is 7.34. The van der Waals surface area contributed by atoms with Gasteiger partial charge in [0.2, 0.25) is 5.91 Å². The van der Waals surface area contributed by atoms with Crippen LogP contribution in [0.3, 0.4) is 0 Å². The fourth-order valence-electron chi connectivity index (χ4n) is 4.21. The van der Waals surface area contributed by atoms with E-state index in [1.54, 1.807) is 0 Å². The van der Waals surface area contributed by atoms with Gasteiger partial charge in [0.05, 0.1) is 0 Å². The summed E-state index contributed by atoms with van der Waals surface area (Å²) in [7, 11) is 0.